The van der Waals surface area contributed by atoms with E-state index < -0.39 is 0 Å². The zero-order valence-corrected chi connectivity index (χ0v) is 11.3. The van der Waals surface area contributed by atoms with Crippen LogP contribution in [-0.4, -0.2) is 27.7 Å². The highest BCUT2D eigenvalue weighted by atomic mass is 16.1. The first kappa shape index (κ1) is 13.1. The molecular formula is C13H17N5O. The lowest BCUT2D eigenvalue weighted by molar-refractivity contribution is 0.0946. The summed E-state index contributed by atoms with van der Waals surface area (Å²) in [6.07, 6.45) is 3.53. The zero-order chi connectivity index (χ0) is 13.8. The molecule has 2 N–H and O–H groups in total. The SMILES string of the molecule is CNc1ccc(C(=O)NCc2cn(C)nc2C)nc1. The quantitative estimate of drug-likeness (QED) is 0.862. The summed E-state index contributed by atoms with van der Waals surface area (Å²) >= 11 is 0. The number of rotatable bonds is 4. The fraction of sp³-hybridized carbons (Fsp3) is 0.308. The Morgan fingerprint density at radius 3 is 2.74 bits per heavy atom. The molecule has 19 heavy (non-hydrogen) atoms. The normalized spacial score (nSPS) is 10.3. The van der Waals surface area contributed by atoms with Gasteiger partial charge in [-0.05, 0) is 19.1 Å². The second-order valence-corrected chi connectivity index (χ2v) is 4.28. The second-order valence-electron chi connectivity index (χ2n) is 4.28. The lowest BCUT2D eigenvalue weighted by Gasteiger charge is -2.04. The van der Waals surface area contributed by atoms with E-state index in [0.717, 1.165) is 16.9 Å². The van der Waals surface area contributed by atoms with Gasteiger partial charge in [0.2, 0.25) is 0 Å². The first-order chi connectivity index (χ1) is 9.10. The summed E-state index contributed by atoms with van der Waals surface area (Å²) in [4.78, 5) is 16.0. The number of pyridine rings is 1. The van der Waals surface area contributed by atoms with Gasteiger partial charge in [-0.1, -0.05) is 0 Å². The van der Waals surface area contributed by atoms with Gasteiger partial charge in [0.15, 0.2) is 0 Å². The number of aromatic nitrogens is 3. The molecule has 2 aromatic rings. The van der Waals surface area contributed by atoms with Gasteiger partial charge in [0.1, 0.15) is 5.69 Å². The maximum atomic E-state index is 11.9. The van der Waals surface area contributed by atoms with Crippen LogP contribution in [0.3, 0.4) is 0 Å². The molecule has 0 saturated carbocycles. The van der Waals surface area contributed by atoms with Crippen LogP contribution < -0.4 is 10.6 Å². The second kappa shape index (κ2) is 5.51. The number of aryl methyl sites for hydroxylation is 2. The topological polar surface area (TPSA) is 71.8 Å². The third kappa shape index (κ3) is 3.09. The summed E-state index contributed by atoms with van der Waals surface area (Å²) in [6, 6.07) is 3.51. The Kier molecular flexibility index (Phi) is 3.79. The molecule has 0 radical (unpaired) electrons. The fourth-order valence-electron chi connectivity index (χ4n) is 1.76. The van der Waals surface area contributed by atoms with Gasteiger partial charge in [-0.2, -0.15) is 5.10 Å². The fourth-order valence-corrected chi connectivity index (χ4v) is 1.76. The van der Waals surface area contributed by atoms with Gasteiger partial charge >= 0.3 is 0 Å². The molecule has 100 valence electrons. The largest absolute Gasteiger partial charge is 0.387 e. The van der Waals surface area contributed by atoms with Crippen molar-refractivity contribution in [3.05, 3.63) is 41.5 Å². The molecule has 2 rings (SSSR count). The van der Waals surface area contributed by atoms with Crippen LogP contribution in [0.1, 0.15) is 21.7 Å². The van der Waals surface area contributed by atoms with Crippen LogP contribution in [0.5, 0.6) is 0 Å². The van der Waals surface area contributed by atoms with Crippen molar-refractivity contribution < 1.29 is 4.79 Å². The summed E-state index contributed by atoms with van der Waals surface area (Å²) in [6.45, 7) is 2.37. The number of hydrogen-bond acceptors (Lipinski definition) is 4. The minimum Gasteiger partial charge on any atom is -0.387 e. The Balaban J connectivity index is 1.99. The summed E-state index contributed by atoms with van der Waals surface area (Å²) in [5.74, 6) is -0.189. The van der Waals surface area contributed by atoms with E-state index in [4.69, 9.17) is 0 Å². The van der Waals surface area contributed by atoms with Crippen LogP contribution in [0.15, 0.2) is 24.5 Å². The van der Waals surface area contributed by atoms with E-state index in [1.54, 1.807) is 16.9 Å². The molecule has 0 aromatic carbocycles. The van der Waals surface area contributed by atoms with E-state index in [2.05, 4.69) is 20.7 Å². The van der Waals surface area contributed by atoms with E-state index in [1.165, 1.54) is 0 Å². The average Bonchev–Trinajstić information content (AvgIpc) is 2.74. The van der Waals surface area contributed by atoms with Crippen molar-refractivity contribution in [3.63, 3.8) is 0 Å². The molecule has 2 heterocycles. The summed E-state index contributed by atoms with van der Waals surface area (Å²) in [7, 11) is 3.66. The van der Waals surface area contributed by atoms with Crippen LogP contribution in [0.25, 0.3) is 0 Å². The van der Waals surface area contributed by atoms with Crippen LogP contribution in [0.4, 0.5) is 5.69 Å². The number of nitrogens with zero attached hydrogens (tertiary/aromatic N) is 3. The number of hydrogen-bond donors (Lipinski definition) is 2. The third-order valence-electron chi connectivity index (χ3n) is 2.84. The molecule has 0 atom stereocenters. The molecule has 0 aliphatic heterocycles. The number of amides is 1. The Bertz CT molecular complexity index is 573. The van der Waals surface area contributed by atoms with Crippen LogP contribution in [0.2, 0.25) is 0 Å². The Hall–Kier alpha value is -2.37. The van der Waals surface area contributed by atoms with Crippen molar-refractivity contribution >= 4 is 11.6 Å². The van der Waals surface area contributed by atoms with Crippen molar-refractivity contribution in [2.24, 2.45) is 7.05 Å². The molecule has 1 amide bonds. The van der Waals surface area contributed by atoms with Crippen LogP contribution in [-0.2, 0) is 13.6 Å². The standard InChI is InChI=1S/C13H17N5O/c1-9-10(8-18(3)17-9)6-16-13(19)12-5-4-11(14-2)7-15-12/h4-5,7-8,14H,6H2,1-3H3,(H,16,19). The van der Waals surface area contributed by atoms with Crippen molar-refractivity contribution in [2.75, 3.05) is 12.4 Å². The molecule has 0 spiro atoms. The van der Waals surface area contributed by atoms with Crippen LogP contribution in [0, 0.1) is 6.92 Å². The van der Waals surface area contributed by atoms with E-state index in [-0.39, 0.29) is 5.91 Å². The molecule has 0 aliphatic rings. The maximum absolute atomic E-state index is 11.9. The molecule has 0 aliphatic carbocycles. The van der Waals surface area contributed by atoms with Crippen molar-refractivity contribution in [1.82, 2.24) is 20.1 Å². The summed E-state index contributed by atoms with van der Waals surface area (Å²) in [5.41, 5.74) is 3.20. The number of nitrogens with one attached hydrogen (secondary N) is 2. The monoisotopic (exact) mass is 259 g/mol. The molecule has 6 nitrogen and oxygen atoms in total. The van der Waals surface area contributed by atoms with Crippen molar-refractivity contribution in [3.8, 4) is 0 Å². The van der Waals surface area contributed by atoms with Crippen molar-refractivity contribution in [2.45, 2.75) is 13.5 Å². The first-order valence-corrected chi connectivity index (χ1v) is 6.01. The number of anilines is 1. The highest BCUT2D eigenvalue weighted by Crippen LogP contribution is 2.06. The predicted octanol–water partition coefficient (Wildman–Crippen LogP) is 1.10. The number of carbonyl (C=O) groups is 1. The third-order valence-corrected chi connectivity index (χ3v) is 2.84. The molecule has 0 fully saturated rings. The lowest BCUT2D eigenvalue weighted by Crippen LogP contribution is -2.23. The van der Waals surface area contributed by atoms with Gasteiger partial charge in [-0.3, -0.25) is 9.48 Å². The molecule has 0 saturated heterocycles. The maximum Gasteiger partial charge on any atom is 0.270 e. The summed E-state index contributed by atoms with van der Waals surface area (Å²) in [5, 5.41) is 10.0. The van der Waals surface area contributed by atoms with Gasteiger partial charge in [-0.15, -0.1) is 0 Å². The van der Waals surface area contributed by atoms with Gasteiger partial charge in [0, 0.05) is 32.4 Å². The van der Waals surface area contributed by atoms with Gasteiger partial charge < -0.3 is 10.6 Å². The first-order valence-electron chi connectivity index (χ1n) is 6.01. The molecule has 6 heteroatoms. The highest BCUT2D eigenvalue weighted by Gasteiger charge is 2.09. The van der Waals surface area contributed by atoms with Gasteiger partial charge in [0.25, 0.3) is 5.91 Å². The number of carbonyl (C=O) groups excluding carboxylic acids is 1. The van der Waals surface area contributed by atoms with Gasteiger partial charge in [0.05, 0.1) is 17.6 Å². The average molecular weight is 259 g/mol. The van der Waals surface area contributed by atoms with Crippen molar-refractivity contribution in [1.29, 1.82) is 0 Å². The Morgan fingerprint density at radius 1 is 1.42 bits per heavy atom. The molecule has 0 bridgehead atoms. The Labute approximate surface area is 111 Å². The highest BCUT2D eigenvalue weighted by molar-refractivity contribution is 5.92. The van der Waals surface area contributed by atoms with E-state index in [0.29, 0.717) is 12.2 Å². The molecule has 2 aromatic heterocycles. The summed E-state index contributed by atoms with van der Waals surface area (Å²) < 4.78 is 1.73. The van der Waals surface area contributed by atoms with E-state index in [9.17, 15) is 4.79 Å². The Morgan fingerprint density at radius 2 is 2.21 bits per heavy atom. The predicted molar refractivity (Wildman–Crippen MR) is 72.9 cm³/mol. The molecular weight excluding hydrogens is 242 g/mol. The minimum absolute atomic E-state index is 0.189. The minimum atomic E-state index is -0.189. The lowest BCUT2D eigenvalue weighted by atomic mass is 10.2. The van der Waals surface area contributed by atoms with E-state index in [1.807, 2.05) is 33.3 Å². The van der Waals surface area contributed by atoms with Gasteiger partial charge in [-0.25, -0.2) is 4.98 Å². The van der Waals surface area contributed by atoms with Crippen LogP contribution >= 0.6 is 0 Å². The zero-order valence-electron chi connectivity index (χ0n) is 11.3. The molecule has 0 unspecified atom stereocenters. The smallest absolute Gasteiger partial charge is 0.270 e. The van der Waals surface area contributed by atoms with E-state index >= 15 is 0 Å².